The van der Waals surface area contributed by atoms with Gasteiger partial charge in [0.05, 0.1) is 5.75 Å². The molecule has 0 spiro atoms. The van der Waals surface area contributed by atoms with Crippen LogP contribution in [0.4, 0.5) is 0 Å². The average molecular weight is 296 g/mol. The van der Waals surface area contributed by atoms with E-state index in [1.165, 1.54) is 10.9 Å². The van der Waals surface area contributed by atoms with Crippen LogP contribution in [0.3, 0.4) is 0 Å². The lowest BCUT2D eigenvalue weighted by atomic mass is 10.1. The number of aromatic amines is 1. The van der Waals surface area contributed by atoms with E-state index < -0.39 is 10.1 Å². The van der Waals surface area contributed by atoms with E-state index in [1.807, 2.05) is 25.4 Å². The molecule has 110 valence electrons. The molecule has 0 amide bonds. The van der Waals surface area contributed by atoms with E-state index >= 15 is 0 Å². The molecule has 2 N–H and O–H groups in total. The van der Waals surface area contributed by atoms with Gasteiger partial charge in [-0.3, -0.25) is 4.55 Å². The molecule has 1 aromatic carbocycles. The van der Waals surface area contributed by atoms with Crippen molar-refractivity contribution in [1.29, 1.82) is 0 Å². The van der Waals surface area contributed by atoms with Gasteiger partial charge in [0.2, 0.25) is 0 Å². The number of nitrogens with zero attached hydrogens (tertiary/aromatic N) is 1. The largest absolute Gasteiger partial charge is 0.361 e. The molecule has 0 radical (unpaired) electrons. The first-order chi connectivity index (χ1) is 9.46. The van der Waals surface area contributed by atoms with Gasteiger partial charge < -0.3 is 9.88 Å². The van der Waals surface area contributed by atoms with Gasteiger partial charge in [-0.05, 0) is 38.1 Å². The van der Waals surface area contributed by atoms with E-state index in [4.69, 9.17) is 4.55 Å². The van der Waals surface area contributed by atoms with Crippen molar-refractivity contribution in [2.75, 3.05) is 25.9 Å². The van der Waals surface area contributed by atoms with Gasteiger partial charge in [-0.2, -0.15) is 8.42 Å². The van der Waals surface area contributed by atoms with Crippen molar-refractivity contribution in [2.24, 2.45) is 0 Å². The number of rotatable bonds is 7. The fourth-order valence-corrected chi connectivity index (χ4v) is 2.77. The highest BCUT2D eigenvalue weighted by molar-refractivity contribution is 7.85. The van der Waals surface area contributed by atoms with Crippen LogP contribution in [-0.4, -0.2) is 48.7 Å². The summed E-state index contributed by atoms with van der Waals surface area (Å²) in [5.41, 5.74) is 2.40. The number of H-pyrrole nitrogens is 1. The maximum Gasteiger partial charge on any atom is 0.264 e. The third kappa shape index (κ3) is 4.33. The Morgan fingerprint density at radius 2 is 2.00 bits per heavy atom. The third-order valence-corrected chi connectivity index (χ3v) is 4.18. The van der Waals surface area contributed by atoms with E-state index in [0.717, 1.165) is 18.5 Å². The van der Waals surface area contributed by atoms with Crippen LogP contribution in [-0.2, 0) is 16.5 Å². The van der Waals surface area contributed by atoms with Crippen LogP contribution in [0.2, 0.25) is 0 Å². The lowest BCUT2D eigenvalue weighted by Gasteiger charge is -2.15. The van der Waals surface area contributed by atoms with E-state index in [9.17, 15) is 8.42 Å². The first-order valence-corrected chi connectivity index (χ1v) is 8.25. The second-order valence-electron chi connectivity index (χ2n) is 5.05. The number of nitrogens with one attached hydrogen (secondary N) is 1. The van der Waals surface area contributed by atoms with Gasteiger partial charge in [-0.1, -0.05) is 18.2 Å². The Bertz CT molecular complexity index is 664. The molecule has 0 aliphatic carbocycles. The SMILES string of the molecule is CN(CCCS(=O)(=O)O)CCc1c[nH]c2ccccc12. The molecular formula is C14H20N2O3S. The number of likely N-dealkylation sites (N-methyl/N-ethyl adjacent to an activating group) is 1. The minimum Gasteiger partial charge on any atom is -0.361 e. The first kappa shape index (κ1) is 15.0. The number of para-hydroxylation sites is 1. The lowest BCUT2D eigenvalue weighted by molar-refractivity contribution is 0.338. The highest BCUT2D eigenvalue weighted by Crippen LogP contribution is 2.18. The van der Waals surface area contributed by atoms with Gasteiger partial charge in [0.15, 0.2) is 0 Å². The summed E-state index contributed by atoms with van der Waals surface area (Å²) in [5, 5.41) is 1.24. The maximum absolute atomic E-state index is 10.6. The van der Waals surface area contributed by atoms with Gasteiger partial charge in [0.1, 0.15) is 0 Å². The first-order valence-electron chi connectivity index (χ1n) is 6.64. The monoisotopic (exact) mass is 296 g/mol. The molecular weight excluding hydrogens is 276 g/mol. The molecule has 0 atom stereocenters. The molecule has 5 nitrogen and oxygen atoms in total. The van der Waals surface area contributed by atoms with Crippen LogP contribution in [0.1, 0.15) is 12.0 Å². The summed E-state index contributed by atoms with van der Waals surface area (Å²) in [7, 11) is -1.88. The Kier molecular flexibility index (Phi) is 4.80. The molecule has 0 aliphatic rings. The Morgan fingerprint density at radius 3 is 2.75 bits per heavy atom. The Balaban J connectivity index is 1.83. The normalized spacial score (nSPS) is 12.3. The van der Waals surface area contributed by atoms with E-state index in [-0.39, 0.29) is 5.75 Å². The second-order valence-corrected chi connectivity index (χ2v) is 6.62. The van der Waals surface area contributed by atoms with Crippen LogP contribution >= 0.6 is 0 Å². The Hall–Kier alpha value is -1.37. The maximum atomic E-state index is 10.6. The van der Waals surface area contributed by atoms with Crippen molar-refractivity contribution in [1.82, 2.24) is 9.88 Å². The molecule has 2 aromatic rings. The van der Waals surface area contributed by atoms with E-state index in [2.05, 4.69) is 22.0 Å². The van der Waals surface area contributed by atoms with Crippen molar-refractivity contribution in [2.45, 2.75) is 12.8 Å². The molecule has 6 heteroatoms. The lowest BCUT2D eigenvalue weighted by Crippen LogP contribution is -2.24. The summed E-state index contributed by atoms with van der Waals surface area (Å²) >= 11 is 0. The van der Waals surface area contributed by atoms with Gasteiger partial charge in [0, 0.05) is 23.6 Å². The minimum absolute atomic E-state index is 0.176. The van der Waals surface area contributed by atoms with E-state index in [0.29, 0.717) is 13.0 Å². The standard InChI is InChI=1S/C14H20N2O3S/c1-16(8-4-10-20(17,18)19)9-7-12-11-15-14-6-3-2-5-13(12)14/h2-3,5-6,11,15H,4,7-10H2,1H3,(H,17,18,19). The smallest absolute Gasteiger partial charge is 0.264 e. The molecule has 0 aliphatic heterocycles. The fourth-order valence-electron chi connectivity index (χ4n) is 2.28. The topological polar surface area (TPSA) is 73.4 Å². The summed E-state index contributed by atoms with van der Waals surface area (Å²) in [6.07, 6.45) is 3.38. The number of fused-ring (bicyclic) bond motifs is 1. The molecule has 0 saturated heterocycles. The molecule has 0 fully saturated rings. The van der Waals surface area contributed by atoms with Crippen molar-refractivity contribution in [3.05, 3.63) is 36.0 Å². The van der Waals surface area contributed by atoms with Crippen LogP contribution < -0.4 is 0 Å². The van der Waals surface area contributed by atoms with Crippen LogP contribution in [0.15, 0.2) is 30.5 Å². The number of aromatic nitrogens is 1. The highest BCUT2D eigenvalue weighted by atomic mass is 32.2. The fraction of sp³-hybridized carbons (Fsp3) is 0.429. The van der Waals surface area contributed by atoms with Gasteiger partial charge in [-0.15, -0.1) is 0 Å². The summed E-state index contributed by atoms with van der Waals surface area (Å²) in [6.45, 7) is 1.51. The zero-order chi connectivity index (χ0) is 14.6. The second kappa shape index (κ2) is 6.39. The van der Waals surface area contributed by atoms with Gasteiger partial charge in [-0.25, -0.2) is 0 Å². The summed E-state index contributed by atoms with van der Waals surface area (Å²) in [6, 6.07) is 8.17. The Labute approximate surface area is 119 Å². The zero-order valence-electron chi connectivity index (χ0n) is 11.5. The number of hydrogen-bond acceptors (Lipinski definition) is 3. The molecule has 1 aromatic heterocycles. The number of benzene rings is 1. The predicted molar refractivity (Wildman–Crippen MR) is 80.5 cm³/mol. The van der Waals surface area contributed by atoms with E-state index in [1.54, 1.807) is 0 Å². The summed E-state index contributed by atoms with van der Waals surface area (Å²) in [4.78, 5) is 5.32. The van der Waals surface area contributed by atoms with Crippen molar-refractivity contribution < 1.29 is 13.0 Å². The quantitative estimate of drug-likeness (QED) is 0.766. The average Bonchev–Trinajstić information content (AvgIpc) is 2.78. The zero-order valence-corrected chi connectivity index (χ0v) is 12.4. The van der Waals surface area contributed by atoms with Gasteiger partial charge in [0.25, 0.3) is 10.1 Å². The van der Waals surface area contributed by atoms with Crippen LogP contribution in [0.25, 0.3) is 10.9 Å². The highest BCUT2D eigenvalue weighted by Gasteiger charge is 2.07. The number of hydrogen-bond donors (Lipinski definition) is 2. The molecule has 2 rings (SSSR count). The predicted octanol–water partition coefficient (Wildman–Crippen LogP) is 1.92. The van der Waals surface area contributed by atoms with Gasteiger partial charge >= 0.3 is 0 Å². The molecule has 0 bridgehead atoms. The molecule has 0 saturated carbocycles. The molecule has 1 heterocycles. The molecule has 20 heavy (non-hydrogen) atoms. The van der Waals surface area contributed by atoms with Crippen molar-refractivity contribution >= 4 is 21.0 Å². The third-order valence-electron chi connectivity index (χ3n) is 3.38. The van der Waals surface area contributed by atoms with Crippen LogP contribution in [0, 0.1) is 0 Å². The minimum atomic E-state index is -3.84. The summed E-state index contributed by atoms with van der Waals surface area (Å²) in [5.74, 6) is -0.176. The van der Waals surface area contributed by atoms with Crippen molar-refractivity contribution in [3.63, 3.8) is 0 Å². The van der Waals surface area contributed by atoms with Crippen molar-refractivity contribution in [3.8, 4) is 0 Å². The summed E-state index contributed by atoms with van der Waals surface area (Å²) < 4.78 is 30.0. The van der Waals surface area contributed by atoms with Crippen LogP contribution in [0.5, 0.6) is 0 Å². The Morgan fingerprint density at radius 1 is 1.25 bits per heavy atom. The molecule has 0 unspecified atom stereocenters.